The highest BCUT2D eigenvalue weighted by Crippen LogP contribution is 2.45. The van der Waals surface area contributed by atoms with Gasteiger partial charge in [-0.2, -0.15) is 0 Å². The Balaban J connectivity index is 2.12. The number of fused-ring (bicyclic) bond motifs is 1. The zero-order valence-corrected chi connectivity index (χ0v) is 19.7. The lowest BCUT2D eigenvalue weighted by Gasteiger charge is -2.39. The molecule has 1 amide bonds. The fourth-order valence-electron chi connectivity index (χ4n) is 3.74. The highest BCUT2D eigenvalue weighted by atomic mass is 79.9. The number of methoxy groups -OCH3 is 1. The van der Waals surface area contributed by atoms with E-state index in [9.17, 15) is 4.79 Å². The summed E-state index contributed by atoms with van der Waals surface area (Å²) in [4.78, 5) is 15.1. The molecule has 4 nitrogen and oxygen atoms in total. The number of halogens is 1. The molecular weight excluding hydrogens is 430 g/mol. The van der Waals surface area contributed by atoms with E-state index in [4.69, 9.17) is 9.47 Å². The first-order valence-electron chi connectivity index (χ1n) is 10.1. The number of anilines is 1. The van der Waals surface area contributed by atoms with Crippen LogP contribution < -0.4 is 9.64 Å². The summed E-state index contributed by atoms with van der Waals surface area (Å²) in [6.45, 7) is 10.1. The Labute approximate surface area is 182 Å². The lowest BCUT2D eigenvalue weighted by atomic mass is 9.89. The average molecular weight is 460 g/mol. The van der Waals surface area contributed by atoms with Crippen LogP contribution in [0.1, 0.15) is 69.7 Å². The second-order valence-corrected chi connectivity index (χ2v) is 9.70. The van der Waals surface area contributed by atoms with E-state index >= 15 is 0 Å². The molecule has 0 aliphatic carbocycles. The topological polar surface area (TPSA) is 38.8 Å². The Morgan fingerprint density at radius 2 is 1.93 bits per heavy atom. The Bertz CT molecular complexity index is 901. The molecule has 0 spiro atoms. The van der Waals surface area contributed by atoms with Gasteiger partial charge in [-0.15, -0.1) is 0 Å². The highest BCUT2D eigenvalue weighted by Gasteiger charge is 2.36. The van der Waals surface area contributed by atoms with Crippen molar-refractivity contribution in [2.75, 3.05) is 12.0 Å². The zero-order chi connectivity index (χ0) is 21.3. The van der Waals surface area contributed by atoms with Gasteiger partial charge in [0.25, 0.3) is 0 Å². The van der Waals surface area contributed by atoms with Gasteiger partial charge in [0.15, 0.2) is 0 Å². The Morgan fingerprint density at radius 3 is 2.55 bits per heavy atom. The fraction of sp³-hybridized carbons (Fsp3) is 0.458. The predicted octanol–water partition coefficient (Wildman–Crippen LogP) is 7.01. The molecule has 1 unspecified atom stereocenters. The molecule has 1 aliphatic heterocycles. The molecule has 1 heterocycles. The van der Waals surface area contributed by atoms with Crippen molar-refractivity contribution in [3.8, 4) is 5.75 Å². The average Bonchev–Trinajstić information content (AvgIpc) is 2.65. The van der Waals surface area contributed by atoms with E-state index in [-0.39, 0.29) is 12.1 Å². The SMILES string of the molecule is COc1cccc(C2CCc3cc(C(C)C)cc(Br)c3N2C(=O)OC(C)(C)C)c1. The summed E-state index contributed by atoms with van der Waals surface area (Å²) in [5, 5.41) is 0. The molecule has 2 aromatic carbocycles. The molecule has 0 saturated carbocycles. The van der Waals surface area contributed by atoms with Gasteiger partial charge in [0, 0.05) is 4.47 Å². The molecule has 3 rings (SSSR count). The third-order valence-corrected chi connectivity index (χ3v) is 5.74. The lowest BCUT2D eigenvalue weighted by molar-refractivity contribution is 0.0559. The number of aryl methyl sites for hydroxylation is 1. The third kappa shape index (κ3) is 4.77. The van der Waals surface area contributed by atoms with Crippen molar-refractivity contribution in [2.45, 2.75) is 65.0 Å². The zero-order valence-electron chi connectivity index (χ0n) is 18.1. The number of ether oxygens (including phenoxy) is 2. The molecule has 0 saturated heterocycles. The van der Waals surface area contributed by atoms with Crippen LogP contribution in [0.2, 0.25) is 0 Å². The second-order valence-electron chi connectivity index (χ2n) is 8.85. The van der Waals surface area contributed by atoms with Gasteiger partial charge < -0.3 is 9.47 Å². The minimum absolute atomic E-state index is 0.117. The first-order chi connectivity index (χ1) is 13.6. The van der Waals surface area contributed by atoms with Crippen molar-refractivity contribution in [3.63, 3.8) is 0 Å². The number of hydrogen-bond donors (Lipinski definition) is 0. The Hall–Kier alpha value is -2.01. The van der Waals surface area contributed by atoms with E-state index in [0.29, 0.717) is 5.92 Å². The quantitative estimate of drug-likeness (QED) is 0.495. The normalized spacial score (nSPS) is 16.6. The van der Waals surface area contributed by atoms with Crippen molar-refractivity contribution < 1.29 is 14.3 Å². The summed E-state index contributed by atoms with van der Waals surface area (Å²) in [7, 11) is 1.66. The Kier molecular flexibility index (Phi) is 6.27. The molecule has 1 aliphatic rings. The minimum atomic E-state index is -0.571. The first-order valence-corrected chi connectivity index (χ1v) is 10.9. The van der Waals surface area contributed by atoms with Crippen LogP contribution in [0, 0.1) is 0 Å². The van der Waals surface area contributed by atoms with Gasteiger partial charge in [-0.3, -0.25) is 4.90 Å². The molecule has 0 N–H and O–H groups in total. The van der Waals surface area contributed by atoms with Crippen molar-refractivity contribution in [3.05, 3.63) is 57.6 Å². The maximum Gasteiger partial charge on any atom is 0.415 e. The van der Waals surface area contributed by atoms with Gasteiger partial charge in [-0.05, 0) is 90.4 Å². The highest BCUT2D eigenvalue weighted by molar-refractivity contribution is 9.10. The van der Waals surface area contributed by atoms with Crippen LogP contribution in [0.5, 0.6) is 5.75 Å². The van der Waals surface area contributed by atoms with Crippen LogP contribution in [-0.4, -0.2) is 18.8 Å². The van der Waals surface area contributed by atoms with Gasteiger partial charge in [0.2, 0.25) is 0 Å². The summed E-state index contributed by atoms with van der Waals surface area (Å²) < 4.78 is 12.2. The molecule has 0 bridgehead atoms. The molecule has 0 aromatic heterocycles. The van der Waals surface area contributed by atoms with Crippen LogP contribution >= 0.6 is 15.9 Å². The van der Waals surface area contributed by atoms with E-state index in [1.54, 1.807) is 7.11 Å². The number of nitrogens with zero attached hydrogens (tertiary/aromatic N) is 1. The van der Waals surface area contributed by atoms with Crippen LogP contribution in [0.15, 0.2) is 40.9 Å². The Morgan fingerprint density at radius 1 is 1.21 bits per heavy atom. The van der Waals surface area contributed by atoms with Crippen LogP contribution in [0.25, 0.3) is 0 Å². The summed E-state index contributed by atoms with van der Waals surface area (Å²) in [5.74, 6) is 1.20. The largest absolute Gasteiger partial charge is 0.497 e. The molecule has 0 radical (unpaired) electrons. The monoisotopic (exact) mass is 459 g/mol. The number of amides is 1. The van der Waals surface area contributed by atoms with Gasteiger partial charge in [-0.1, -0.05) is 32.0 Å². The number of rotatable bonds is 3. The molecule has 156 valence electrons. The van der Waals surface area contributed by atoms with Gasteiger partial charge >= 0.3 is 6.09 Å². The van der Waals surface area contributed by atoms with Crippen LogP contribution in [0.4, 0.5) is 10.5 Å². The van der Waals surface area contributed by atoms with E-state index in [1.807, 2.05) is 49.9 Å². The molecule has 0 fully saturated rings. The minimum Gasteiger partial charge on any atom is -0.497 e. The lowest BCUT2D eigenvalue weighted by Crippen LogP contribution is -2.42. The summed E-state index contributed by atoms with van der Waals surface area (Å²) >= 11 is 3.74. The van der Waals surface area contributed by atoms with Crippen molar-refractivity contribution in [2.24, 2.45) is 0 Å². The molecule has 5 heteroatoms. The van der Waals surface area contributed by atoms with Crippen molar-refractivity contribution in [1.29, 1.82) is 0 Å². The van der Waals surface area contributed by atoms with Gasteiger partial charge in [0.05, 0.1) is 18.8 Å². The van der Waals surface area contributed by atoms with Crippen LogP contribution in [0.3, 0.4) is 0 Å². The van der Waals surface area contributed by atoms with Crippen molar-refractivity contribution >= 4 is 27.7 Å². The number of hydrogen-bond acceptors (Lipinski definition) is 3. The molecule has 2 aromatic rings. The van der Waals surface area contributed by atoms with Crippen LogP contribution in [-0.2, 0) is 11.2 Å². The van der Waals surface area contributed by atoms with E-state index in [2.05, 4.69) is 41.9 Å². The smallest absolute Gasteiger partial charge is 0.415 e. The fourth-order valence-corrected chi connectivity index (χ4v) is 4.45. The molecule has 29 heavy (non-hydrogen) atoms. The number of benzene rings is 2. The standard InChI is InChI=1S/C24H30BrNO3/c1-15(2)18-12-17-10-11-21(16-8-7-9-19(13-16)28-6)26(22(17)20(25)14-18)23(27)29-24(3,4)5/h7-9,12-15,21H,10-11H2,1-6H3. The third-order valence-electron chi connectivity index (χ3n) is 5.14. The summed E-state index contributed by atoms with van der Waals surface area (Å²) in [5.41, 5.74) is 3.81. The van der Waals surface area contributed by atoms with Gasteiger partial charge in [-0.25, -0.2) is 4.79 Å². The second kappa shape index (κ2) is 8.39. The van der Waals surface area contributed by atoms with E-state index in [1.165, 1.54) is 11.1 Å². The van der Waals surface area contributed by atoms with E-state index in [0.717, 1.165) is 34.3 Å². The molecule has 1 atom stereocenters. The summed E-state index contributed by atoms with van der Waals surface area (Å²) in [6.07, 6.45) is 1.40. The number of carbonyl (C=O) groups excluding carboxylic acids is 1. The predicted molar refractivity (Wildman–Crippen MR) is 121 cm³/mol. The van der Waals surface area contributed by atoms with Gasteiger partial charge in [0.1, 0.15) is 11.4 Å². The van der Waals surface area contributed by atoms with Crippen molar-refractivity contribution in [1.82, 2.24) is 0 Å². The summed E-state index contributed by atoms with van der Waals surface area (Å²) in [6, 6.07) is 12.2. The molecular formula is C24H30BrNO3. The maximum atomic E-state index is 13.3. The maximum absolute atomic E-state index is 13.3. The van der Waals surface area contributed by atoms with E-state index < -0.39 is 5.60 Å². The first kappa shape index (κ1) is 21.7. The number of carbonyl (C=O) groups is 1.